The van der Waals surface area contributed by atoms with Crippen LogP contribution in [0.2, 0.25) is 10.0 Å². The van der Waals surface area contributed by atoms with Crippen molar-refractivity contribution < 1.29 is 91.4 Å². The molecule has 10 aromatic carbocycles. The van der Waals surface area contributed by atoms with E-state index in [0.29, 0.717) is 147 Å². The second-order valence-electron chi connectivity index (χ2n) is 37.7. The summed E-state index contributed by atoms with van der Waals surface area (Å²) in [6.45, 7) is 21.6. The van der Waals surface area contributed by atoms with Gasteiger partial charge in [-0.25, -0.2) is 26.4 Å². The summed E-state index contributed by atoms with van der Waals surface area (Å²) >= 11 is 15.7. The number of ether oxygens (including phenoxy) is 1. The molecular formula is C108H120Cl2F6N10O14P2S4. The Hall–Kier alpha value is -10.5. The standard InChI is InChI=1S/C55H60ClF3N5O7PS2.C53H58ClF3N5O6PS2.H2O/c1-38(2)64-39(3)51(54(65)66)52(53(64)41-12-15-44(56)16-13-41)43-8-7-9-47(35-43)62-26-24-61(25-27-62)45-17-19-46(20-18-45)63-30-33-71-72(63,67)48-21-14-42(50(36-48)74(68,69)55(57,58)59)34-40(22-23-60-28-31-70-32-29-60)37-73-49-10-5-4-6-11-49;1-36(2)62-37(3)49(52(63)64)50(51(62)39-14-17-42(54)18-15-39)41-10-9-11-45(33-41)60-28-26-59(27-29-60)43-19-21-44(22-20-43)61-30-31-68-69(61,65)46-23-16-40(48(34-46)71(66,67)53(55,56)57)32-38(24-25-58(4)5)35-70-47-12-7-6-8-13-47;/h4-21,35-36,38,40H,22-34,37H2,1-3H3,(H,65,66);6-23,33-34,36,38H,24-32,35H2,1-5H3,(H,63,64);1H2/t40-,72+;38-,69+;/m00./s1. The third-order valence-corrected chi connectivity index (χ3v) is 38.5. The van der Waals surface area contributed by atoms with E-state index in [1.165, 1.54) is 33.6 Å². The lowest BCUT2D eigenvalue weighted by Crippen LogP contribution is -2.46. The van der Waals surface area contributed by atoms with Crippen molar-refractivity contribution in [3.63, 3.8) is 0 Å². The van der Waals surface area contributed by atoms with Gasteiger partial charge in [0.25, 0.3) is 19.7 Å². The van der Waals surface area contributed by atoms with Gasteiger partial charge in [0.05, 0.1) is 82.4 Å². The lowest BCUT2D eigenvalue weighted by atomic mass is 9.96. The Morgan fingerprint density at radius 2 is 0.788 bits per heavy atom. The fourth-order valence-corrected chi connectivity index (χ4v) is 29.1. The Morgan fingerprint density at radius 3 is 1.14 bits per heavy atom. The first-order valence-corrected chi connectivity index (χ1v) is 57.2. The molecule has 5 fully saturated rings. The van der Waals surface area contributed by atoms with Crippen molar-refractivity contribution in [1.29, 1.82) is 0 Å². The highest BCUT2D eigenvalue weighted by atomic mass is 35.5. The zero-order valence-electron chi connectivity index (χ0n) is 82.3. The fraction of sp³-hybridized carbons (Fsp3) is 0.352. The number of alkyl halides is 6. The summed E-state index contributed by atoms with van der Waals surface area (Å²) in [5.41, 5.74) is 1.76. The molecule has 4 atom stereocenters. The molecule has 5 aliphatic heterocycles. The smallest absolute Gasteiger partial charge is 0.478 e. The molecule has 17 rings (SSSR count). The average Bonchev–Trinajstić information content (AvgIpc) is 1.57. The molecule has 0 bridgehead atoms. The van der Waals surface area contributed by atoms with E-state index in [-0.39, 0.29) is 101 Å². The second-order valence-corrected chi connectivity index (χ2v) is 49.1. The number of thioether (sulfide) groups is 2. The first kappa shape index (κ1) is 110. The van der Waals surface area contributed by atoms with Crippen molar-refractivity contribution in [3.8, 4) is 44.8 Å². The predicted molar refractivity (Wildman–Crippen MR) is 574 cm³/mol. The molecule has 12 aromatic rings. The summed E-state index contributed by atoms with van der Waals surface area (Å²) in [5.74, 6) is -1.24. The maximum Gasteiger partial charge on any atom is 0.501 e. The molecule has 0 radical (unpaired) electrons. The third-order valence-electron chi connectivity index (χ3n) is 27.3. The van der Waals surface area contributed by atoms with Crippen LogP contribution in [0, 0.1) is 25.7 Å². The molecule has 776 valence electrons. The van der Waals surface area contributed by atoms with E-state index < -0.39 is 67.5 Å². The molecule has 146 heavy (non-hydrogen) atoms. The first-order chi connectivity index (χ1) is 69.2. The number of carboxylic acids is 2. The number of sulfone groups is 2. The van der Waals surface area contributed by atoms with Gasteiger partial charge in [-0.1, -0.05) is 120 Å². The Balaban J connectivity index is 0.000000218. The number of halogens is 8. The molecule has 38 heteroatoms. The number of piperazine rings is 2. The molecule has 4 N–H and O–H groups in total. The molecule has 0 aliphatic carbocycles. The lowest BCUT2D eigenvalue weighted by molar-refractivity contribution is -0.0442. The highest BCUT2D eigenvalue weighted by Gasteiger charge is 2.52. The number of aromatic carboxylic acids is 2. The monoisotopic (exact) mass is 2150 g/mol. The molecule has 0 spiro atoms. The first-order valence-electron chi connectivity index (χ1n) is 48.3. The van der Waals surface area contributed by atoms with Gasteiger partial charge in [-0.15, -0.1) is 23.5 Å². The Morgan fingerprint density at radius 1 is 0.432 bits per heavy atom. The minimum absolute atomic E-state index is 0. The Kier molecular flexibility index (Phi) is 35.1. The minimum Gasteiger partial charge on any atom is -0.478 e. The van der Waals surface area contributed by atoms with Gasteiger partial charge in [-0.05, 0) is 285 Å². The van der Waals surface area contributed by atoms with E-state index in [9.17, 15) is 72.1 Å². The minimum atomic E-state index is -5.86. The topological polar surface area (TPSA) is 272 Å². The number of aromatic nitrogens is 2. The summed E-state index contributed by atoms with van der Waals surface area (Å²) in [5, 5.41) is 22.1. The molecule has 0 amide bonds. The van der Waals surface area contributed by atoms with Crippen molar-refractivity contribution in [2.24, 2.45) is 11.8 Å². The number of carbonyl (C=O) groups is 2. The molecule has 0 unspecified atom stereocenters. The van der Waals surface area contributed by atoms with Crippen molar-refractivity contribution >= 4 is 138 Å². The van der Waals surface area contributed by atoms with Crippen LogP contribution in [0.25, 0.3) is 44.8 Å². The van der Waals surface area contributed by atoms with E-state index >= 15 is 0 Å². The lowest BCUT2D eigenvalue weighted by Gasteiger charge is -2.37. The van der Waals surface area contributed by atoms with Gasteiger partial charge < -0.3 is 63.1 Å². The number of hydrogen-bond acceptors (Lipinski definition) is 19. The van der Waals surface area contributed by atoms with E-state index in [1.54, 1.807) is 47.8 Å². The second kappa shape index (κ2) is 46.7. The van der Waals surface area contributed by atoms with Crippen LogP contribution in [0.4, 0.5) is 60.5 Å². The van der Waals surface area contributed by atoms with Crippen LogP contribution >= 0.6 is 61.8 Å². The van der Waals surface area contributed by atoms with Crippen molar-refractivity contribution in [1.82, 2.24) is 18.9 Å². The van der Waals surface area contributed by atoms with E-state index in [2.05, 4.69) is 45.8 Å². The summed E-state index contributed by atoms with van der Waals surface area (Å²) in [4.78, 5) is 39.3. The van der Waals surface area contributed by atoms with Crippen LogP contribution in [0.5, 0.6) is 0 Å². The van der Waals surface area contributed by atoms with Crippen LogP contribution in [-0.4, -0.2) is 218 Å². The van der Waals surface area contributed by atoms with Gasteiger partial charge >= 0.3 is 38.0 Å². The number of anilines is 6. The zero-order valence-corrected chi connectivity index (χ0v) is 88.8. The van der Waals surface area contributed by atoms with Gasteiger partial charge in [0.15, 0.2) is 0 Å². The third kappa shape index (κ3) is 24.1. The van der Waals surface area contributed by atoms with Crippen molar-refractivity contribution in [2.75, 3.05) is 173 Å². The highest BCUT2D eigenvalue weighted by Crippen LogP contribution is 2.59. The van der Waals surface area contributed by atoms with E-state index in [1.807, 2.05) is 230 Å². The normalized spacial score (nSPS) is 17.6. The molecule has 0 saturated carbocycles. The van der Waals surface area contributed by atoms with Crippen LogP contribution in [0.1, 0.15) is 95.9 Å². The zero-order chi connectivity index (χ0) is 103. The molecule has 24 nitrogen and oxygen atoms in total. The van der Waals surface area contributed by atoms with Crippen LogP contribution in [0.3, 0.4) is 0 Å². The summed E-state index contributed by atoms with van der Waals surface area (Å²) in [6.07, 6.45) is 1.38. The van der Waals surface area contributed by atoms with Crippen molar-refractivity contribution in [3.05, 3.63) is 286 Å². The van der Waals surface area contributed by atoms with E-state index in [0.717, 1.165) is 91.4 Å². The summed E-state index contributed by atoms with van der Waals surface area (Å²) in [6, 6.07) is 72.6. The summed E-state index contributed by atoms with van der Waals surface area (Å²) < 4.78 is 195. The van der Waals surface area contributed by atoms with Gasteiger partial charge in [-0.3, -0.25) is 23.4 Å². The van der Waals surface area contributed by atoms with Gasteiger partial charge in [-0.2, -0.15) is 26.3 Å². The number of benzene rings is 10. The SMILES string of the molecule is Cc1c(C(=O)O)c(-c2cccc(N3CCN(c4ccc(N5CCO[P@]5(=O)c5ccc(C[C@H](CCN(C)C)CSc6ccccc6)c(S(=O)(=O)C(F)(F)F)c5)cc4)CC3)c2)c(-c2ccc(Cl)cc2)n1C(C)C.Cc1c(C(=O)O)c(-c2cccc(N3CCN(c4ccc(N5CCO[P@]5(=O)c5ccc(C[C@H](CCN6CCOCC6)CSc6ccccc6)c(S(=O)(=O)C(F)(F)F)c5)cc4)CC3)c2)c(-c2ccc(Cl)cc2)n1C(C)C.O. The highest BCUT2D eigenvalue weighted by molar-refractivity contribution is 7.99. The van der Waals surface area contributed by atoms with Crippen LogP contribution < -0.4 is 39.5 Å². The molecule has 2 aromatic heterocycles. The van der Waals surface area contributed by atoms with Crippen molar-refractivity contribution in [2.45, 2.75) is 110 Å². The predicted octanol–water partition coefficient (Wildman–Crippen LogP) is 22.8. The van der Waals surface area contributed by atoms with Crippen LogP contribution in [-0.2, 0) is 55.4 Å². The maximum absolute atomic E-state index is 15.0. The Labute approximate surface area is 867 Å². The van der Waals surface area contributed by atoms with Gasteiger partial charge in [0, 0.05) is 166 Å². The number of rotatable bonds is 34. The van der Waals surface area contributed by atoms with Crippen LogP contribution in [0.15, 0.2) is 262 Å². The number of carboxylic acid groups (broad SMARTS) is 2. The van der Waals surface area contributed by atoms with Gasteiger partial charge in [0.1, 0.15) is 0 Å². The maximum atomic E-state index is 15.0. The number of hydrogen-bond donors (Lipinski definition) is 2. The summed E-state index contributed by atoms with van der Waals surface area (Å²) in [7, 11) is -16.0. The quantitative estimate of drug-likeness (QED) is 0.0215. The molecule has 5 saturated heterocycles. The largest absolute Gasteiger partial charge is 0.501 e. The fourth-order valence-electron chi connectivity index (χ4n) is 20.0. The molecular weight excluding hydrogens is 2040 g/mol. The van der Waals surface area contributed by atoms with E-state index in [4.69, 9.17) is 37.0 Å². The number of nitrogens with zero attached hydrogens (tertiary/aromatic N) is 10. The molecule has 5 aliphatic rings. The van der Waals surface area contributed by atoms with Gasteiger partial charge in [0.2, 0.25) is 0 Å². The number of morpholine rings is 1. The average molecular weight is 2160 g/mol. The Bertz CT molecular complexity index is 6960. The molecule has 7 heterocycles.